The lowest BCUT2D eigenvalue weighted by Crippen LogP contribution is -2.44. The summed E-state index contributed by atoms with van der Waals surface area (Å²) in [5.74, 6) is 0. The smallest absolute Gasteiger partial charge is 0.397 e. The highest BCUT2D eigenvalue weighted by molar-refractivity contribution is 7.83. The van der Waals surface area contributed by atoms with E-state index in [1.807, 2.05) is 0 Å². The molecule has 0 amide bonds. The van der Waals surface area contributed by atoms with Crippen LogP contribution >= 0.6 is 0 Å². The summed E-state index contributed by atoms with van der Waals surface area (Å²) < 4.78 is 65.5. The van der Waals surface area contributed by atoms with Crippen LogP contribution in [0.15, 0.2) is 0 Å². The average Bonchev–Trinajstić information content (AvgIpc) is 2.20. The van der Waals surface area contributed by atoms with Gasteiger partial charge in [0.05, 0.1) is 18.8 Å². The van der Waals surface area contributed by atoms with Gasteiger partial charge in [-0.15, -0.1) is 0 Å². The number of hydrogen-bond donors (Lipinski definition) is 4. The Hall–Kier alpha value is -0.340. The molecular formula is C7H15NO9S2-. The fourth-order valence-corrected chi connectivity index (χ4v) is 2.14. The van der Waals surface area contributed by atoms with Gasteiger partial charge in [-0.25, -0.2) is 17.3 Å². The molecular weight excluding hydrogens is 306 g/mol. The van der Waals surface area contributed by atoms with Gasteiger partial charge in [0.1, 0.15) is 0 Å². The summed E-state index contributed by atoms with van der Waals surface area (Å²) in [4.78, 5) is 0. The SMILES string of the molecule is CC[C@@H](NS(=O)(=O)[O-])C(O)[CH]C(O)COS(=O)(=O)O. The van der Waals surface area contributed by atoms with Crippen molar-refractivity contribution in [3.05, 3.63) is 6.42 Å². The minimum Gasteiger partial charge on any atom is -0.735 e. The van der Waals surface area contributed by atoms with Gasteiger partial charge in [0.2, 0.25) is 0 Å². The molecule has 0 saturated heterocycles. The maximum Gasteiger partial charge on any atom is 0.397 e. The van der Waals surface area contributed by atoms with Crippen molar-refractivity contribution in [3.8, 4) is 0 Å². The maximum atomic E-state index is 10.5. The van der Waals surface area contributed by atoms with E-state index in [2.05, 4.69) is 4.18 Å². The van der Waals surface area contributed by atoms with Crippen molar-refractivity contribution in [2.45, 2.75) is 31.6 Å². The second kappa shape index (κ2) is 7.44. The van der Waals surface area contributed by atoms with Crippen molar-refractivity contribution in [2.75, 3.05) is 6.61 Å². The molecule has 0 rings (SSSR count). The molecule has 1 radical (unpaired) electrons. The van der Waals surface area contributed by atoms with E-state index < -0.39 is 45.6 Å². The van der Waals surface area contributed by atoms with Crippen LogP contribution in [0.25, 0.3) is 0 Å². The largest absolute Gasteiger partial charge is 0.735 e. The Bertz CT molecular complexity index is 459. The molecule has 2 unspecified atom stereocenters. The molecule has 0 saturated carbocycles. The van der Waals surface area contributed by atoms with Crippen molar-refractivity contribution in [1.82, 2.24) is 4.72 Å². The molecule has 0 spiro atoms. The highest BCUT2D eigenvalue weighted by Gasteiger charge is 2.23. The van der Waals surface area contributed by atoms with Crippen LogP contribution in [0, 0.1) is 6.42 Å². The number of nitrogens with one attached hydrogen (secondary N) is 1. The van der Waals surface area contributed by atoms with E-state index in [9.17, 15) is 31.6 Å². The highest BCUT2D eigenvalue weighted by atomic mass is 32.3. The lowest BCUT2D eigenvalue weighted by atomic mass is 10.0. The Morgan fingerprint density at radius 3 is 2.21 bits per heavy atom. The van der Waals surface area contributed by atoms with Gasteiger partial charge in [-0.3, -0.25) is 4.55 Å². The zero-order valence-electron chi connectivity index (χ0n) is 9.83. The Labute approximate surface area is 111 Å². The molecule has 0 aliphatic carbocycles. The summed E-state index contributed by atoms with van der Waals surface area (Å²) >= 11 is 0. The van der Waals surface area contributed by atoms with E-state index in [1.165, 1.54) is 6.92 Å². The van der Waals surface area contributed by atoms with E-state index >= 15 is 0 Å². The third kappa shape index (κ3) is 10.1. The molecule has 4 N–H and O–H groups in total. The zero-order chi connectivity index (χ0) is 15.3. The monoisotopic (exact) mass is 321 g/mol. The predicted molar refractivity (Wildman–Crippen MR) is 60.7 cm³/mol. The summed E-state index contributed by atoms with van der Waals surface area (Å²) in [5.41, 5.74) is 0. The molecule has 0 aromatic heterocycles. The van der Waals surface area contributed by atoms with Gasteiger partial charge in [0, 0.05) is 12.5 Å². The molecule has 115 valence electrons. The Kier molecular flexibility index (Phi) is 7.31. The summed E-state index contributed by atoms with van der Waals surface area (Å²) in [5, 5.41) is 18.8. The Balaban J connectivity index is 4.36. The normalized spacial score (nSPS) is 17.9. The topological polar surface area (TPSA) is 173 Å². The third-order valence-corrected chi connectivity index (χ3v) is 2.98. The minimum atomic E-state index is -4.78. The van der Waals surface area contributed by atoms with Crippen molar-refractivity contribution in [1.29, 1.82) is 0 Å². The van der Waals surface area contributed by atoms with Crippen molar-refractivity contribution in [2.24, 2.45) is 0 Å². The first-order valence-corrected chi connectivity index (χ1v) is 7.78. The molecule has 0 bridgehead atoms. The first-order valence-electron chi connectivity index (χ1n) is 5.00. The van der Waals surface area contributed by atoms with Crippen LogP contribution in [-0.2, 0) is 24.9 Å². The molecule has 0 heterocycles. The van der Waals surface area contributed by atoms with Crippen molar-refractivity contribution >= 4 is 20.7 Å². The molecule has 0 fully saturated rings. The Morgan fingerprint density at radius 1 is 1.32 bits per heavy atom. The van der Waals surface area contributed by atoms with Gasteiger partial charge in [-0.05, 0) is 6.42 Å². The summed E-state index contributed by atoms with van der Waals surface area (Å²) in [6, 6.07) is -1.18. The van der Waals surface area contributed by atoms with E-state index in [0.29, 0.717) is 0 Å². The number of hydrogen-bond acceptors (Lipinski definition) is 8. The lowest BCUT2D eigenvalue weighted by Gasteiger charge is -2.25. The fourth-order valence-electron chi connectivity index (χ4n) is 1.15. The van der Waals surface area contributed by atoms with Crippen LogP contribution in [0.3, 0.4) is 0 Å². The third-order valence-electron chi connectivity index (χ3n) is 1.95. The van der Waals surface area contributed by atoms with Crippen LogP contribution in [-0.4, -0.2) is 61.0 Å². The maximum absolute atomic E-state index is 10.5. The van der Waals surface area contributed by atoms with Crippen LogP contribution in [0.5, 0.6) is 0 Å². The second-order valence-corrected chi connectivity index (χ2v) is 5.78. The van der Waals surface area contributed by atoms with E-state index in [-0.39, 0.29) is 6.42 Å². The molecule has 12 heteroatoms. The number of aliphatic hydroxyl groups excluding tert-OH is 2. The standard InChI is InChI=1S/C7H16NO9S2/c1-2-6(8-18(11,12)13)7(10)3-5(9)4-17-19(14,15)16/h3,5-10H,2,4H2,1H3,(H,11,12,13)(H,14,15,16)/p-1/t5?,6-,7?/m1/s1. The lowest BCUT2D eigenvalue weighted by molar-refractivity contribution is 0.0814. The first-order chi connectivity index (χ1) is 8.44. The fraction of sp³-hybridized carbons (Fsp3) is 0.857. The molecule has 19 heavy (non-hydrogen) atoms. The van der Waals surface area contributed by atoms with E-state index in [0.717, 1.165) is 6.42 Å². The van der Waals surface area contributed by atoms with Crippen molar-refractivity contribution < 1.29 is 40.3 Å². The molecule has 0 aromatic carbocycles. The van der Waals surface area contributed by atoms with E-state index in [1.54, 1.807) is 4.72 Å². The summed E-state index contributed by atoms with van der Waals surface area (Å²) in [6.45, 7) is 0.609. The van der Waals surface area contributed by atoms with Gasteiger partial charge < -0.3 is 14.8 Å². The zero-order valence-corrected chi connectivity index (χ0v) is 11.5. The van der Waals surface area contributed by atoms with Crippen LogP contribution in [0.4, 0.5) is 0 Å². The van der Waals surface area contributed by atoms with Gasteiger partial charge in [0.15, 0.2) is 10.3 Å². The summed E-state index contributed by atoms with van der Waals surface area (Å²) in [6.07, 6.45) is -2.33. The van der Waals surface area contributed by atoms with Gasteiger partial charge in [0.25, 0.3) is 0 Å². The Morgan fingerprint density at radius 2 is 1.84 bits per heavy atom. The van der Waals surface area contributed by atoms with Gasteiger partial charge in [-0.1, -0.05) is 6.92 Å². The predicted octanol–water partition coefficient (Wildman–Crippen LogP) is -2.44. The van der Waals surface area contributed by atoms with Gasteiger partial charge in [-0.2, -0.15) is 8.42 Å². The summed E-state index contributed by atoms with van der Waals surface area (Å²) in [7, 11) is -9.51. The number of rotatable bonds is 9. The molecule has 0 aliphatic rings. The van der Waals surface area contributed by atoms with Crippen LogP contribution in [0.1, 0.15) is 13.3 Å². The first kappa shape index (κ1) is 18.7. The molecule has 3 atom stereocenters. The van der Waals surface area contributed by atoms with Crippen LogP contribution in [0.2, 0.25) is 0 Å². The number of aliphatic hydroxyl groups is 2. The quantitative estimate of drug-likeness (QED) is 0.336. The molecule has 10 nitrogen and oxygen atoms in total. The van der Waals surface area contributed by atoms with Gasteiger partial charge >= 0.3 is 10.4 Å². The highest BCUT2D eigenvalue weighted by Crippen LogP contribution is 2.07. The average molecular weight is 321 g/mol. The molecule has 0 aromatic rings. The minimum absolute atomic E-state index is 0.0466. The van der Waals surface area contributed by atoms with Crippen molar-refractivity contribution in [3.63, 3.8) is 0 Å². The van der Waals surface area contributed by atoms with Crippen LogP contribution < -0.4 is 4.72 Å². The van der Waals surface area contributed by atoms with E-state index in [4.69, 9.17) is 4.55 Å². The molecule has 0 aliphatic heterocycles. The second-order valence-electron chi connectivity index (χ2n) is 3.55.